The largest absolute Gasteiger partial charge is 0.365 e. The van der Waals surface area contributed by atoms with Gasteiger partial charge >= 0.3 is 0 Å². The molecule has 1 N–H and O–H groups in total. The quantitative estimate of drug-likeness (QED) is 0.790. The first-order chi connectivity index (χ1) is 8.16. The molecule has 0 atom stereocenters. The second-order valence-corrected chi connectivity index (χ2v) is 5.39. The number of nitrogens with zero attached hydrogens (tertiary/aromatic N) is 2. The number of aromatic nitrogens is 2. The number of halogens is 3. The molecule has 6 heteroatoms. The van der Waals surface area contributed by atoms with E-state index < -0.39 is 0 Å². The van der Waals surface area contributed by atoms with Crippen molar-refractivity contribution in [2.24, 2.45) is 0 Å². The molecule has 0 radical (unpaired) electrons. The number of anilines is 1. The molecule has 0 aliphatic heterocycles. The third kappa shape index (κ3) is 3.35. The van der Waals surface area contributed by atoms with E-state index in [1.165, 1.54) is 12.4 Å². The van der Waals surface area contributed by atoms with Gasteiger partial charge in [0, 0.05) is 22.8 Å². The molecular formula is C11H8BrFIN3. The fourth-order valence-corrected chi connectivity index (χ4v) is 2.20. The minimum atomic E-state index is -0.232. The van der Waals surface area contributed by atoms with E-state index in [1.54, 1.807) is 18.3 Å². The summed E-state index contributed by atoms with van der Waals surface area (Å²) in [4.78, 5) is 7.97. The first kappa shape index (κ1) is 12.7. The maximum atomic E-state index is 13.5. The number of benzene rings is 1. The minimum absolute atomic E-state index is 0.232. The number of nitrogens with one attached hydrogen (secondary N) is 1. The fraction of sp³-hybridized carbons (Fsp3) is 0.0909. The van der Waals surface area contributed by atoms with E-state index in [1.807, 2.05) is 0 Å². The molecule has 0 amide bonds. The Bertz CT molecular complexity index is 536. The molecular weight excluding hydrogens is 400 g/mol. The summed E-state index contributed by atoms with van der Waals surface area (Å²) in [7, 11) is 0. The smallest absolute Gasteiger partial charge is 0.143 e. The molecule has 0 saturated carbocycles. The van der Waals surface area contributed by atoms with E-state index in [2.05, 4.69) is 53.8 Å². The van der Waals surface area contributed by atoms with Crippen LogP contribution in [0.5, 0.6) is 0 Å². The van der Waals surface area contributed by atoms with E-state index in [4.69, 9.17) is 0 Å². The van der Waals surface area contributed by atoms with Gasteiger partial charge in [-0.05, 0) is 40.8 Å². The zero-order valence-electron chi connectivity index (χ0n) is 8.62. The van der Waals surface area contributed by atoms with Crippen LogP contribution in [0.4, 0.5) is 10.2 Å². The monoisotopic (exact) mass is 407 g/mol. The second kappa shape index (κ2) is 5.72. The Balaban J connectivity index is 2.12. The highest BCUT2D eigenvalue weighted by Gasteiger charge is 2.05. The van der Waals surface area contributed by atoms with Crippen LogP contribution in [0.2, 0.25) is 0 Å². The fourth-order valence-electron chi connectivity index (χ4n) is 1.30. The molecule has 2 rings (SSSR count). The van der Waals surface area contributed by atoms with Crippen LogP contribution >= 0.6 is 38.5 Å². The standard InChI is InChI=1S/C11H8BrFIN3/c12-8-1-2-9(13)7(3-8)4-16-11-10(14)5-15-6-17-11/h1-3,5-6H,4H2,(H,15,16,17). The van der Waals surface area contributed by atoms with E-state index in [0.29, 0.717) is 17.9 Å². The van der Waals surface area contributed by atoms with Gasteiger partial charge in [-0.3, -0.25) is 0 Å². The Morgan fingerprint density at radius 3 is 3.00 bits per heavy atom. The van der Waals surface area contributed by atoms with Gasteiger partial charge in [-0.25, -0.2) is 14.4 Å². The molecule has 0 unspecified atom stereocenters. The van der Waals surface area contributed by atoms with Gasteiger partial charge in [0.2, 0.25) is 0 Å². The summed E-state index contributed by atoms with van der Waals surface area (Å²) in [5.41, 5.74) is 0.591. The Hall–Kier alpha value is -0.760. The highest BCUT2D eigenvalue weighted by molar-refractivity contribution is 14.1. The first-order valence-electron chi connectivity index (χ1n) is 4.80. The summed E-state index contributed by atoms with van der Waals surface area (Å²) < 4.78 is 15.2. The second-order valence-electron chi connectivity index (χ2n) is 3.31. The summed E-state index contributed by atoms with van der Waals surface area (Å²) in [6, 6.07) is 4.86. The van der Waals surface area contributed by atoms with Crippen LogP contribution in [0.15, 0.2) is 35.2 Å². The molecule has 1 aromatic carbocycles. The third-order valence-electron chi connectivity index (χ3n) is 2.12. The van der Waals surface area contributed by atoms with Gasteiger partial charge in [-0.2, -0.15) is 0 Å². The molecule has 2 aromatic rings. The maximum absolute atomic E-state index is 13.5. The van der Waals surface area contributed by atoms with E-state index in [9.17, 15) is 4.39 Å². The van der Waals surface area contributed by atoms with Gasteiger partial charge < -0.3 is 5.32 Å². The predicted octanol–water partition coefficient (Wildman–Crippen LogP) is 3.59. The Kier molecular flexibility index (Phi) is 4.27. The summed E-state index contributed by atoms with van der Waals surface area (Å²) in [6.07, 6.45) is 3.16. The molecule has 0 fully saturated rings. The van der Waals surface area contributed by atoms with Gasteiger partial charge in [0.25, 0.3) is 0 Å². The lowest BCUT2D eigenvalue weighted by atomic mass is 10.2. The summed E-state index contributed by atoms with van der Waals surface area (Å²) >= 11 is 5.44. The first-order valence-corrected chi connectivity index (χ1v) is 6.67. The highest BCUT2D eigenvalue weighted by Crippen LogP contribution is 2.18. The van der Waals surface area contributed by atoms with Crippen LogP contribution < -0.4 is 5.32 Å². The zero-order chi connectivity index (χ0) is 12.3. The van der Waals surface area contributed by atoms with Crippen LogP contribution in [-0.4, -0.2) is 9.97 Å². The summed E-state index contributed by atoms with van der Waals surface area (Å²) in [5.74, 6) is 0.477. The minimum Gasteiger partial charge on any atom is -0.365 e. The van der Waals surface area contributed by atoms with Gasteiger partial charge in [0.15, 0.2) is 0 Å². The Morgan fingerprint density at radius 2 is 2.24 bits per heavy atom. The molecule has 3 nitrogen and oxygen atoms in total. The molecule has 1 heterocycles. The molecule has 88 valence electrons. The summed E-state index contributed by atoms with van der Waals surface area (Å²) in [5, 5.41) is 3.08. The van der Waals surface area contributed by atoms with Crippen LogP contribution in [0.3, 0.4) is 0 Å². The van der Waals surface area contributed by atoms with Gasteiger partial charge in [-0.15, -0.1) is 0 Å². The van der Waals surface area contributed by atoms with Crippen molar-refractivity contribution in [1.29, 1.82) is 0 Å². The highest BCUT2D eigenvalue weighted by atomic mass is 127. The van der Waals surface area contributed by atoms with Crippen LogP contribution in [0, 0.1) is 9.39 Å². The lowest BCUT2D eigenvalue weighted by Crippen LogP contribution is -2.05. The lowest BCUT2D eigenvalue weighted by molar-refractivity contribution is 0.612. The van der Waals surface area contributed by atoms with Gasteiger partial charge in [-0.1, -0.05) is 15.9 Å². The predicted molar refractivity (Wildman–Crippen MR) is 76.2 cm³/mol. The van der Waals surface area contributed by atoms with Crippen molar-refractivity contribution in [3.8, 4) is 0 Å². The third-order valence-corrected chi connectivity index (χ3v) is 3.40. The van der Waals surface area contributed by atoms with E-state index in [-0.39, 0.29) is 5.82 Å². The van der Waals surface area contributed by atoms with Crippen molar-refractivity contribution in [3.05, 3.63) is 50.1 Å². The Morgan fingerprint density at radius 1 is 1.41 bits per heavy atom. The van der Waals surface area contributed by atoms with E-state index >= 15 is 0 Å². The SMILES string of the molecule is Fc1ccc(Br)cc1CNc1ncncc1I. The van der Waals surface area contributed by atoms with Gasteiger partial charge in [0.1, 0.15) is 18.0 Å². The average molecular weight is 408 g/mol. The molecule has 17 heavy (non-hydrogen) atoms. The molecule has 0 aliphatic rings. The number of rotatable bonds is 3. The lowest BCUT2D eigenvalue weighted by Gasteiger charge is -2.08. The van der Waals surface area contributed by atoms with Crippen LogP contribution in [0.25, 0.3) is 0 Å². The van der Waals surface area contributed by atoms with Crippen molar-refractivity contribution in [3.63, 3.8) is 0 Å². The molecule has 0 aliphatic carbocycles. The van der Waals surface area contributed by atoms with E-state index in [0.717, 1.165) is 8.04 Å². The summed E-state index contributed by atoms with van der Waals surface area (Å²) in [6.45, 7) is 0.387. The number of hydrogen-bond donors (Lipinski definition) is 1. The molecule has 0 spiro atoms. The zero-order valence-corrected chi connectivity index (χ0v) is 12.4. The molecule has 1 aromatic heterocycles. The van der Waals surface area contributed by atoms with Crippen molar-refractivity contribution >= 4 is 44.3 Å². The number of hydrogen-bond acceptors (Lipinski definition) is 3. The topological polar surface area (TPSA) is 37.8 Å². The van der Waals surface area contributed by atoms with Crippen molar-refractivity contribution in [1.82, 2.24) is 9.97 Å². The van der Waals surface area contributed by atoms with Crippen LogP contribution in [0.1, 0.15) is 5.56 Å². The normalized spacial score (nSPS) is 10.3. The maximum Gasteiger partial charge on any atom is 0.143 e. The van der Waals surface area contributed by atoms with Crippen LogP contribution in [-0.2, 0) is 6.54 Å². The Labute approximate surface area is 120 Å². The molecule has 0 bridgehead atoms. The molecule has 0 saturated heterocycles. The van der Waals surface area contributed by atoms with Crippen molar-refractivity contribution < 1.29 is 4.39 Å². The van der Waals surface area contributed by atoms with Gasteiger partial charge in [0.05, 0.1) is 3.57 Å². The average Bonchev–Trinajstić information content (AvgIpc) is 2.32. The van der Waals surface area contributed by atoms with Crippen molar-refractivity contribution in [2.45, 2.75) is 6.54 Å². The van der Waals surface area contributed by atoms with Crippen molar-refractivity contribution in [2.75, 3.05) is 5.32 Å².